The molecule has 0 spiro atoms. The fourth-order valence-corrected chi connectivity index (χ4v) is 3.35. The van der Waals surface area contributed by atoms with Crippen LogP contribution in [0.3, 0.4) is 0 Å². The van der Waals surface area contributed by atoms with Crippen molar-refractivity contribution >= 4 is 32.6 Å². The third-order valence-electron chi connectivity index (χ3n) is 3.44. The predicted octanol–water partition coefficient (Wildman–Crippen LogP) is 4.30. The van der Waals surface area contributed by atoms with Crippen LogP contribution in [0.5, 0.6) is 0 Å². The number of halogens is 2. The van der Waals surface area contributed by atoms with Gasteiger partial charge in [0, 0.05) is 18.7 Å². The predicted molar refractivity (Wildman–Crippen MR) is 89.9 cm³/mol. The summed E-state index contributed by atoms with van der Waals surface area (Å²) in [6, 6.07) is 7.45. The second-order valence-corrected chi connectivity index (χ2v) is 6.29. The molecular formula is C17H15F2N3OS. The van der Waals surface area contributed by atoms with E-state index in [1.807, 2.05) is 13.0 Å². The summed E-state index contributed by atoms with van der Waals surface area (Å²) in [4.78, 5) is 22.4. The van der Waals surface area contributed by atoms with Gasteiger partial charge in [-0.15, -0.1) is 0 Å². The lowest BCUT2D eigenvalue weighted by molar-refractivity contribution is -0.118. The maximum absolute atomic E-state index is 13.9. The van der Waals surface area contributed by atoms with Crippen molar-refractivity contribution in [1.29, 1.82) is 0 Å². The van der Waals surface area contributed by atoms with Gasteiger partial charge in [-0.3, -0.25) is 14.7 Å². The molecule has 24 heavy (non-hydrogen) atoms. The van der Waals surface area contributed by atoms with E-state index in [0.717, 1.165) is 17.4 Å². The Kier molecular flexibility index (Phi) is 4.80. The first kappa shape index (κ1) is 16.4. The number of carbonyl (C=O) groups excluding carboxylic acids is 1. The Morgan fingerprint density at radius 2 is 2.12 bits per heavy atom. The quantitative estimate of drug-likeness (QED) is 0.691. The molecule has 0 aliphatic rings. The minimum Gasteiger partial charge on any atom is -0.282 e. The van der Waals surface area contributed by atoms with Gasteiger partial charge < -0.3 is 0 Å². The van der Waals surface area contributed by atoms with Crippen LogP contribution in [0.15, 0.2) is 36.5 Å². The normalized spacial score (nSPS) is 11.0. The van der Waals surface area contributed by atoms with Crippen molar-refractivity contribution in [3.8, 4) is 0 Å². The molecule has 124 valence electrons. The number of carbonyl (C=O) groups is 1. The van der Waals surface area contributed by atoms with Crippen molar-refractivity contribution in [2.24, 2.45) is 0 Å². The number of hydrogen-bond donors (Lipinski definition) is 0. The Morgan fingerprint density at radius 1 is 1.29 bits per heavy atom. The van der Waals surface area contributed by atoms with E-state index in [2.05, 4.69) is 9.97 Å². The fraction of sp³-hybridized carbons (Fsp3) is 0.235. The van der Waals surface area contributed by atoms with E-state index < -0.39 is 11.6 Å². The highest BCUT2D eigenvalue weighted by Crippen LogP contribution is 2.32. The Morgan fingerprint density at radius 3 is 2.83 bits per heavy atom. The third-order valence-corrected chi connectivity index (χ3v) is 4.47. The number of anilines is 1. The van der Waals surface area contributed by atoms with Crippen molar-refractivity contribution in [3.05, 3.63) is 53.9 Å². The van der Waals surface area contributed by atoms with Gasteiger partial charge in [-0.1, -0.05) is 24.3 Å². The Balaban J connectivity index is 2.01. The van der Waals surface area contributed by atoms with E-state index in [1.165, 1.54) is 11.0 Å². The number of aromatic nitrogens is 2. The first-order valence-electron chi connectivity index (χ1n) is 7.54. The van der Waals surface area contributed by atoms with Crippen molar-refractivity contribution in [3.63, 3.8) is 0 Å². The van der Waals surface area contributed by atoms with Crippen LogP contribution >= 0.6 is 11.3 Å². The third kappa shape index (κ3) is 3.41. The van der Waals surface area contributed by atoms with Gasteiger partial charge >= 0.3 is 0 Å². The van der Waals surface area contributed by atoms with Gasteiger partial charge in [0.15, 0.2) is 10.9 Å². The van der Waals surface area contributed by atoms with E-state index in [9.17, 15) is 13.6 Å². The first-order valence-corrected chi connectivity index (χ1v) is 8.36. The van der Waals surface area contributed by atoms with Crippen LogP contribution in [0.4, 0.5) is 13.9 Å². The van der Waals surface area contributed by atoms with Crippen molar-refractivity contribution in [2.45, 2.75) is 26.3 Å². The van der Waals surface area contributed by atoms with E-state index in [1.54, 1.807) is 18.3 Å². The maximum Gasteiger partial charge on any atom is 0.229 e. The summed E-state index contributed by atoms with van der Waals surface area (Å²) in [7, 11) is 0. The highest BCUT2D eigenvalue weighted by molar-refractivity contribution is 7.22. The second kappa shape index (κ2) is 7.00. The minimum atomic E-state index is -0.728. The van der Waals surface area contributed by atoms with Crippen molar-refractivity contribution < 1.29 is 13.6 Å². The van der Waals surface area contributed by atoms with Crippen LogP contribution in [0, 0.1) is 11.6 Å². The van der Waals surface area contributed by atoms with E-state index in [-0.39, 0.29) is 18.0 Å². The number of thiazole rings is 1. The lowest BCUT2D eigenvalue weighted by Crippen LogP contribution is -2.30. The van der Waals surface area contributed by atoms with Gasteiger partial charge in [0.2, 0.25) is 5.91 Å². The SMILES string of the molecule is CCCC(=O)N(Cc1ccccn1)c1nc2c(F)cc(F)cc2s1. The minimum absolute atomic E-state index is 0.0757. The number of benzene rings is 1. The van der Waals surface area contributed by atoms with Crippen LogP contribution < -0.4 is 4.90 Å². The molecule has 0 atom stereocenters. The van der Waals surface area contributed by atoms with Crippen LogP contribution in [0.1, 0.15) is 25.5 Å². The number of rotatable bonds is 5. The summed E-state index contributed by atoms with van der Waals surface area (Å²) < 4.78 is 27.6. The molecule has 3 rings (SSSR count). The van der Waals surface area contributed by atoms with E-state index >= 15 is 0 Å². The molecule has 1 aromatic carbocycles. The molecule has 1 amide bonds. The average molecular weight is 347 g/mol. The highest BCUT2D eigenvalue weighted by Gasteiger charge is 2.21. The molecule has 0 radical (unpaired) electrons. The topological polar surface area (TPSA) is 46.1 Å². The number of hydrogen-bond acceptors (Lipinski definition) is 4. The molecule has 2 heterocycles. The summed E-state index contributed by atoms with van der Waals surface area (Å²) >= 11 is 1.09. The number of pyridine rings is 1. The molecule has 0 aliphatic heterocycles. The van der Waals surface area contributed by atoms with Crippen LogP contribution in [0.2, 0.25) is 0 Å². The molecule has 4 nitrogen and oxygen atoms in total. The zero-order valence-corrected chi connectivity index (χ0v) is 13.8. The molecule has 0 saturated heterocycles. The van der Waals surface area contributed by atoms with E-state index in [4.69, 9.17) is 0 Å². The molecule has 0 aliphatic carbocycles. The molecule has 0 saturated carbocycles. The van der Waals surface area contributed by atoms with Crippen molar-refractivity contribution in [1.82, 2.24) is 9.97 Å². The highest BCUT2D eigenvalue weighted by atomic mass is 32.1. The van der Waals surface area contributed by atoms with Gasteiger partial charge in [0.25, 0.3) is 0 Å². The lowest BCUT2D eigenvalue weighted by atomic mass is 10.3. The Bertz CT molecular complexity index is 867. The summed E-state index contributed by atoms with van der Waals surface area (Å²) in [6.07, 6.45) is 2.68. The molecular weight excluding hydrogens is 332 g/mol. The number of fused-ring (bicyclic) bond motifs is 1. The first-order chi connectivity index (χ1) is 11.6. The molecule has 0 bridgehead atoms. The van der Waals surface area contributed by atoms with Gasteiger partial charge in [-0.25, -0.2) is 13.8 Å². The molecule has 7 heteroatoms. The van der Waals surface area contributed by atoms with Crippen LogP contribution in [-0.2, 0) is 11.3 Å². The smallest absolute Gasteiger partial charge is 0.229 e. The number of amides is 1. The fourth-order valence-electron chi connectivity index (χ4n) is 2.33. The zero-order chi connectivity index (χ0) is 17.1. The van der Waals surface area contributed by atoms with Gasteiger partial charge in [0.05, 0.1) is 16.9 Å². The van der Waals surface area contributed by atoms with Gasteiger partial charge in [-0.2, -0.15) is 0 Å². The van der Waals surface area contributed by atoms with Gasteiger partial charge in [0.1, 0.15) is 11.3 Å². The summed E-state index contributed by atoms with van der Waals surface area (Å²) in [5.74, 6) is -1.51. The van der Waals surface area contributed by atoms with Crippen molar-refractivity contribution in [2.75, 3.05) is 4.90 Å². The largest absolute Gasteiger partial charge is 0.282 e. The summed E-state index contributed by atoms with van der Waals surface area (Å²) in [6.45, 7) is 2.15. The standard InChI is InChI=1S/C17H15F2N3OS/c1-2-5-15(23)22(10-12-6-3-4-7-20-12)17-21-16-13(19)8-11(18)9-14(16)24-17/h3-4,6-9H,2,5,10H2,1H3. The molecule has 0 N–H and O–H groups in total. The Hall–Kier alpha value is -2.41. The average Bonchev–Trinajstić information content (AvgIpc) is 2.97. The number of nitrogens with zero attached hydrogens (tertiary/aromatic N) is 3. The maximum atomic E-state index is 13.9. The zero-order valence-electron chi connectivity index (χ0n) is 13.0. The monoisotopic (exact) mass is 347 g/mol. The lowest BCUT2D eigenvalue weighted by Gasteiger charge is -2.19. The summed E-state index contributed by atoms with van der Waals surface area (Å²) in [5.41, 5.74) is 0.777. The summed E-state index contributed by atoms with van der Waals surface area (Å²) in [5, 5.41) is 0.346. The van der Waals surface area contributed by atoms with E-state index in [0.29, 0.717) is 28.4 Å². The van der Waals surface area contributed by atoms with Crippen LogP contribution in [-0.4, -0.2) is 15.9 Å². The van der Waals surface area contributed by atoms with Gasteiger partial charge in [-0.05, 0) is 24.6 Å². The molecule has 0 unspecified atom stereocenters. The van der Waals surface area contributed by atoms with Crippen LogP contribution in [0.25, 0.3) is 10.2 Å². The molecule has 2 aromatic heterocycles. The molecule has 3 aromatic rings. The second-order valence-electron chi connectivity index (χ2n) is 5.28. The molecule has 0 fully saturated rings. The Labute approximate surface area is 141 Å².